The van der Waals surface area contributed by atoms with Crippen molar-refractivity contribution in [3.05, 3.63) is 53.4 Å². The fraction of sp³-hybridized carbons (Fsp3) is 0.250. The van der Waals surface area contributed by atoms with Gasteiger partial charge in [-0.05, 0) is 34.1 Å². The summed E-state index contributed by atoms with van der Waals surface area (Å²) in [7, 11) is 0. The number of nitrogens with zero attached hydrogens (tertiary/aromatic N) is 6. The highest BCUT2D eigenvalue weighted by Crippen LogP contribution is 2.19. The minimum atomic E-state index is -0.0923. The highest BCUT2D eigenvalue weighted by molar-refractivity contribution is 9.10. The first-order valence-electron chi connectivity index (χ1n) is 7.82. The van der Waals surface area contributed by atoms with Gasteiger partial charge in [0, 0.05) is 44.6 Å². The summed E-state index contributed by atoms with van der Waals surface area (Å²) >= 11 is 3.22. The summed E-state index contributed by atoms with van der Waals surface area (Å²) in [6.45, 7) is 2.61. The number of aromatic nitrogens is 4. The molecule has 1 aliphatic heterocycles. The molecule has 8 nitrogen and oxygen atoms in total. The molecule has 128 valence electrons. The van der Waals surface area contributed by atoms with E-state index in [4.69, 9.17) is 4.42 Å². The molecule has 1 aliphatic rings. The van der Waals surface area contributed by atoms with Gasteiger partial charge in [-0.1, -0.05) is 0 Å². The molecular weight excluding hydrogens is 388 g/mol. The first kappa shape index (κ1) is 15.8. The summed E-state index contributed by atoms with van der Waals surface area (Å²) in [5, 5.41) is 4.18. The van der Waals surface area contributed by atoms with E-state index >= 15 is 0 Å². The molecule has 0 spiro atoms. The van der Waals surface area contributed by atoms with Crippen LogP contribution in [0.15, 0.2) is 52.1 Å². The standard InChI is InChI=1S/C16H15BrN6O2/c17-13-3-2-12(25-13)16(24)22-8-6-21(7-9-22)14-10-15(19-11-18-14)23-5-1-4-20-23/h1-5,10-11H,6-9H2. The molecule has 1 amide bonds. The van der Waals surface area contributed by atoms with Crippen LogP contribution in [0.5, 0.6) is 0 Å². The van der Waals surface area contributed by atoms with Crippen LogP contribution in [0.1, 0.15) is 10.6 Å². The molecule has 9 heteroatoms. The van der Waals surface area contributed by atoms with Crippen LogP contribution < -0.4 is 4.90 Å². The molecule has 0 radical (unpaired) electrons. The topological polar surface area (TPSA) is 80.3 Å². The molecule has 0 aliphatic carbocycles. The van der Waals surface area contributed by atoms with Crippen LogP contribution in [-0.4, -0.2) is 56.7 Å². The maximum Gasteiger partial charge on any atom is 0.289 e. The second-order valence-electron chi connectivity index (χ2n) is 5.57. The monoisotopic (exact) mass is 402 g/mol. The van der Waals surface area contributed by atoms with Gasteiger partial charge in [-0.15, -0.1) is 0 Å². The number of halogens is 1. The van der Waals surface area contributed by atoms with Crippen LogP contribution >= 0.6 is 15.9 Å². The molecule has 0 N–H and O–H groups in total. The molecule has 0 aromatic carbocycles. The molecule has 4 rings (SSSR count). The van der Waals surface area contributed by atoms with E-state index in [2.05, 4.69) is 35.9 Å². The van der Waals surface area contributed by atoms with Gasteiger partial charge in [-0.2, -0.15) is 5.10 Å². The van der Waals surface area contributed by atoms with Crippen LogP contribution in [0.25, 0.3) is 5.82 Å². The van der Waals surface area contributed by atoms with Gasteiger partial charge < -0.3 is 14.2 Å². The van der Waals surface area contributed by atoms with Crippen LogP contribution in [0, 0.1) is 0 Å². The summed E-state index contributed by atoms with van der Waals surface area (Å²) in [6, 6.07) is 7.15. The van der Waals surface area contributed by atoms with Crippen LogP contribution in [0.4, 0.5) is 5.82 Å². The first-order valence-corrected chi connectivity index (χ1v) is 8.61. The quantitative estimate of drug-likeness (QED) is 0.666. The zero-order valence-electron chi connectivity index (χ0n) is 13.2. The summed E-state index contributed by atoms with van der Waals surface area (Å²) < 4.78 is 7.60. The maximum absolute atomic E-state index is 12.4. The normalized spacial score (nSPS) is 14.8. The van der Waals surface area contributed by atoms with E-state index < -0.39 is 0 Å². The largest absolute Gasteiger partial charge is 0.444 e. The Bertz CT molecular complexity index is 870. The molecule has 3 aromatic heterocycles. The summed E-state index contributed by atoms with van der Waals surface area (Å²) in [4.78, 5) is 24.9. The number of piperazine rings is 1. The maximum atomic E-state index is 12.4. The summed E-state index contributed by atoms with van der Waals surface area (Å²) in [6.07, 6.45) is 5.08. The minimum Gasteiger partial charge on any atom is -0.444 e. The number of carbonyl (C=O) groups is 1. The third-order valence-electron chi connectivity index (χ3n) is 4.05. The Hall–Kier alpha value is -2.68. The van der Waals surface area contributed by atoms with Crippen molar-refractivity contribution in [3.8, 4) is 5.82 Å². The third kappa shape index (κ3) is 3.27. The highest BCUT2D eigenvalue weighted by Gasteiger charge is 2.25. The van der Waals surface area contributed by atoms with E-state index in [1.807, 2.05) is 18.3 Å². The molecule has 0 atom stereocenters. The second kappa shape index (κ2) is 6.67. The van der Waals surface area contributed by atoms with Gasteiger partial charge in [0.25, 0.3) is 5.91 Å². The summed E-state index contributed by atoms with van der Waals surface area (Å²) in [5.41, 5.74) is 0. The first-order chi connectivity index (χ1) is 12.2. The third-order valence-corrected chi connectivity index (χ3v) is 4.48. The lowest BCUT2D eigenvalue weighted by Gasteiger charge is -2.35. The Balaban J connectivity index is 1.44. The van der Waals surface area contributed by atoms with Gasteiger partial charge in [-0.3, -0.25) is 4.79 Å². The molecule has 0 unspecified atom stereocenters. The molecule has 0 saturated carbocycles. The van der Waals surface area contributed by atoms with Crippen molar-refractivity contribution in [2.75, 3.05) is 31.1 Å². The Kier molecular flexibility index (Phi) is 4.22. The fourth-order valence-electron chi connectivity index (χ4n) is 2.76. The molecule has 3 aromatic rings. The van der Waals surface area contributed by atoms with E-state index in [0.717, 1.165) is 5.82 Å². The zero-order valence-corrected chi connectivity index (χ0v) is 14.8. The SMILES string of the molecule is O=C(c1ccc(Br)o1)N1CCN(c2cc(-n3cccn3)ncn2)CC1. The molecule has 1 saturated heterocycles. The van der Waals surface area contributed by atoms with E-state index in [-0.39, 0.29) is 5.91 Å². The van der Waals surface area contributed by atoms with Crippen LogP contribution in [0.3, 0.4) is 0 Å². The van der Waals surface area contributed by atoms with E-state index in [9.17, 15) is 4.79 Å². The predicted octanol–water partition coefficient (Wildman–Crippen LogP) is 1.98. The fourth-order valence-corrected chi connectivity index (χ4v) is 3.07. The predicted molar refractivity (Wildman–Crippen MR) is 93.7 cm³/mol. The molecule has 0 bridgehead atoms. The van der Waals surface area contributed by atoms with Crippen molar-refractivity contribution in [2.45, 2.75) is 0 Å². The van der Waals surface area contributed by atoms with Gasteiger partial charge in [0.1, 0.15) is 12.1 Å². The zero-order chi connectivity index (χ0) is 17.2. The van der Waals surface area contributed by atoms with Crippen molar-refractivity contribution >= 4 is 27.7 Å². The lowest BCUT2D eigenvalue weighted by Crippen LogP contribution is -2.49. The van der Waals surface area contributed by atoms with Gasteiger partial charge >= 0.3 is 0 Å². The van der Waals surface area contributed by atoms with Gasteiger partial charge in [-0.25, -0.2) is 14.6 Å². The Morgan fingerprint density at radius 3 is 2.60 bits per heavy atom. The van der Waals surface area contributed by atoms with Crippen LogP contribution in [-0.2, 0) is 0 Å². The van der Waals surface area contributed by atoms with E-state index in [1.54, 1.807) is 27.9 Å². The smallest absolute Gasteiger partial charge is 0.289 e. The van der Waals surface area contributed by atoms with E-state index in [0.29, 0.717) is 42.4 Å². The Labute approximate surface area is 152 Å². The summed E-state index contributed by atoms with van der Waals surface area (Å²) in [5.74, 6) is 1.80. The van der Waals surface area contributed by atoms with Gasteiger partial charge in [0.15, 0.2) is 16.2 Å². The molecular formula is C16H15BrN6O2. The second-order valence-corrected chi connectivity index (χ2v) is 6.35. The van der Waals surface area contributed by atoms with Crippen molar-refractivity contribution in [1.82, 2.24) is 24.6 Å². The van der Waals surface area contributed by atoms with Gasteiger partial charge in [0.05, 0.1) is 0 Å². The number of hydrogen-bond acceptors (Lipinski definition) is 6. The van der Waals surface area contributed by atoms with Crippen LogP contribution in [0.2, 0.25) is 0 Å². The number of amides is 1. The van der Waals surface area contributed by atoms with Crippen molar-refractivity contribution in [2.24, 2.45) is 0 Å². The van der Waals surface area contributed by atoms with Crippen molar-refractivity contribution in [1.29, 1.82) is 0 Å². The number of rotatable bonds is 3. The Morgan fingerprint density at radius 1 is 1.12 bits per heavy atom. The average molecular weight is 403 g/mol. The minimum absolute atomic E-state index is 0.0923. The van der Waals surface area contributed by atoms with Crippen molar-refractivity contribution < 1.29 is 9.21 Å². The van der Waals surface area contributed by atoms with Crippen molar-refractivity contribution in [3.63, 3.8) is 0 Å². The lowest BCUT2D eigenvalue weighted by molar-refractivity contribution is 0.0713. The number of carbonyl (C=O) groups excluding carboxylic acids is 1. The highest BCUT2D eigenvalue weighted by atomic mass is 79.9. The number of anilines is 1. The Morgan fingerprint density at radius 2 is 1.92 bits per heavy atom. The molecule has 1 fully saturated rings. The number of furan rings is 1. The lowest BCUT2D eigenvalue weighted by atomic mass is 10.3. The molecule has 25 heavy (non-hydrogen) atoms. The number of hydrogen-bond donors (Lipinski definition) is 0. The average Bonchev–Trinajstić information content (AvgIpc) is 3.33. The van der Waals surface area contributed by atoms with Gasteiger partial charge in [0.2, 0.25) is 0 Å². The molecule has 4 heterocycles. The van der Waals surface area contributed by atoms with E-state index in [1.165, 1.54) is 6.33 Å².